The Bertz CT molecular complexity index is 500. The van der Waals surface area contributed by atoms with Crippen molar-refractivity contribution < 1.29 is 14.9 Å². The Morgan fingerprint density at radius 3 is 3.06 bits per heavy atom. The van der Waals surface area contributed by atoms with Crippen molar-refractivity contribution in [2.75, 3.05) is 18.9 Å². The first-order valence-corrected chi connectivity index (χ1v) is 5.01. The predicted octanol–water partition coefficient (Wildman–Crippen LogP) is -1.26. The molecule has 0 bridgehead atoms. The first-order chi connectivity index (χ1) is 8.22. The Morgan fingerprint density at radius 2 is 2.29 bits per heavy atom. The number of hydrogen-bond donors (Lipinski definition) is 3. The van der Waals surface area contributed by atoms with E-state index < -0.39 is 6.10 Å². The molecule has 2 aromatic heterocycles. The molecule has 8 heteroatoms. The molecular weight excluding hydrogens is 226 g/mol. The van der Waals surface area contributed by atoms with E-state index in [-0.39, 0.29) is 19.9 Å². The summed E-state index contributed by atoms with van der Waals surface area (Å²) in [5.41, 5.74) is 6.22. The van der Waals surface area contributed by atoms with Crippen LogP contribution in [0.3, 0.4) is 0 Å². The third-order valence-corrected chi connectivity index (χ3v) is 2.20. The minimum atomic E-state index is -0.892. The van der Waals surface area contributed by atoms with Gasteiger partial charge in [0.15, 0.2) is 5.65 Å². The van der Waals surface area contributed by atoms with Gasteiger partial charge in [0, 0.05) is 0 Å². The maximum atomic E-state index is 9.09. The molecule has 2 heterocycles. The fourth-order valence-corrected chi connectivity index (χ4v) is 1.33. The van der Waals surface area contributed by atoms with Crippen LogP contribution in [0.5, 0.6) is 0 Å². The van der Waals surface area contributed by atoms with Gasteiger partial charge in [-0.05, 0) is 0 Å². The molecule has 0 aliphatic heterocycles. The monoisotopic (exact) mass is 239 g/mol. The van der Waals surface area contributed by atoms with Crippen LogP contribution in [0.15, 0.2) is 12.5 Å². The summed E-state index contributed by atoms with van der Waals surface area (Å²) in [6.07, 6.45) is 2.01. The van der Waals surface area contributed by atoms with E-state index >= 15 is 0 Å². The summed E-state index contributed by atoms with van der Waals surface area (Å²) >= 11 is 0. The lowest BCUT2D eigenvalue weighted by atomic mass is 10.4. The lowest BCUT2D eigenvalue weighted by Gasteiger charge is -2.08. The smallest absolute Gasteiger partial charge is 0.165 e. The highest BCUT2D eigenvalue weighted by Gasteiger charge is 2.08. The van der Waals surface area contributed by atoms with E-state index in [4.69, 9.17) is 20.7 Å². The number of nitrogens with two attached hydrogens (primary N) is 1. The molecule has 0 aliphatic rings. The van der Waals surface area contributed by atoms with Crippen LogP contribution in [0.4, 0.5) is 5.82 Å². The lowest BCUT2D eigenvalue weighted by molar-refractivity contribution is -0.0194. The molecule has 1 atom stereocenters. The van der Waals surface area contributed by atoms with E-state index in [1.165, 1.54) is 11.0 Å². The zero-order chi connectivity index (χ0) is 12.3. The Labute approximate surface area is 96.7 Å². The average molecular weight is 239 g/mol. The van der Waals surface area contributed by atoms with Crippen LogP contribution in [-0.2, 0) is 11.5 Å². The highest BCUT2D eigenvalue weighted by Crippen LogP contribution is 2.15. The number of hydrogen-bond acceptors (Lipinski definition) is 7. The number of rotatable bonds is 5. The standard InChI is InChI=1S/C9H13N5O3/c10-8-7-1-13-14(9(7)12-4-11-8)5-17-3-6(16)2-15/h1,4,6,15-16H,2-3,5H2,(H2,10,11,12). The van der Waals surface area contributed by atoms with Gasteiger partial charge < -0.3 is 20.7 Å². The van der Waals surface area contributed by atoms with Gasteiger partial charge in [0.25, 0.3) is 0 Å². The van der Waals surface area contributed by atoms with E-state index in [2.05, 4.69) is 15.1 Å². The normalized spacial score (nSPS) is 13.1. The molecule has 0 saturated heterocycles. The first-order valence-electron chi connectivity index (χ1n) is 5.01. The van der Waals surface area contributed by atoms with Crippen LogP contribution in [0, 0.1) is 0 Å². The zero-order valence-corrected chi connectivity index (χ0v) is 9.02. The summed E-state index contributed by atoms with van der Waals surface area (Å²) in [6.45, 7) is -0.190. The van der Waals surface area contributed by atoms with Crippen molar-refractivity contribution in [3.05, 3.63) is 12.5 Å². The Hall–Kier alpha value is -1.77. The number of ether oxygens (including phenoxy) is 1. The maximum Gasteiger partial charge on any atom is 0.165 e. The van der Waals surface area contributed by atoms with Crippen LogP contribution in [0.2, 0.25) is 0 Å². The van der Waals surface area contributed by atoms with Gasteiger partial charge in [0.05, 0.1) is 24.8 Å². The van der Waals surface area contributed by atoms with Gasteiger partial charge in [-0.25, -0.2) is 14.6 Å². The number of aliphatic hydroxyl groups is 2. The van der Waals surface area contributed by atoms with Crippen molar-refractivity contribution in [1.82, 2.24) is 19.7 Å². The van der Waals surface area contributed by atoms with Crippen LogP contribution < -0.4 is 5.73 Å². The number of fused-ring (bicyclic) bond motifs is 1. The SMILES string of the molecule is Nc1ncnc2c1cnn2COCC(O)CO. The molecule has 8 nitrogen and oxygen atoms in total. The van der Waals surface area contributed by atoms with Crippen molar-refractivity contribution in [3.63, 3.8) is 0 Å². The molecule has 17 heavy (non-hydrogen) atoms. The van der Waals surface area contributed by atoms with Crippen LogP contribution in [0.1, 0.15) is 0 Å². The van der Waals surface area contributed by atoms with Crippen LogP contribution in [0.25, 0.3) is 11.0 Å². The molecule has 2 aromatic rings. The fraction of sp³-hybridized carbons (Fsp3) is 0.444. The summed E-state index contributed by atoms with van der Waals surface area (Å²) in [6, 6.07) is 0. The van der Waals surface area contributed by atoms with E-state index in [9.17, 15) is 0 Å². The van der Waals surface area contributed by atoms with Crippen molar-refractivity contribution in [1.29, 1.82) is 0 Å². The van der Waals surface area contributed by atoms with Crippen LogP contribution in [-0.4, -0.2) is 49.3 Å². The summed E-state index contributed by atoms with van der Waals surface area (Å²) in [5.74, 6) is 0.358. The number of nitrogens with zero attached hydrogens (tertiary/aromatic N) is 4. The Kier molecular flexibility index (Phi) is 3.47. The highest BCUT2D eigenvalue weighted by atomic mass is 16.5. The van der Waals surface area contributed by atoms with Crippen molar-refractivity contribution in [2.24, 2.45) is 0 Å². The zero-order valence-electron chi connectivity index (χ0n) is 9.02. The summed E-state index contributed by atoms with van der Waals surface area (Å²) in [7, 11) is 0. The molecule has 2 rings (SSSR count). The van der Waals surface area contributed by atoms with Gasteiger partial charge in [-0.2, -0.15) is 5.10 Å². The molecule has 0 spiro atoms. The van der Waals surface area contributed by atoms with Crippen molar-refractivity contribution in [3.8, 4) is 0 Å². The predicted molar refractivity (Wildman–Crippen MR) is 58.8 cm³/mol. The molecule has 92 valence electrons. The van der Waals surface area contributed by atoms with Crippen molar-refractivity contribution >= 4 is 16.9 Å². The summed E-state index contributed by atoms with van der Waals surface area (Å²) < 4.78 is 6.67. The molecule has 0 saturated carbocycles. The van der Waals surface area contributed by atoms with Gasteiger partial charge in [-0.15, -0.1) is 0 Å². The van der Waals surface area contributed by atoms with E-state index in [1.807, 2.05) is 0 Å². The van der Waals surface area contributed by atoms with E-state index in [0.29, 0.717) is 16.9 Å². The number of nitrogen functional groups attached to an aromatic ring is 1. The van der Waals surface area contributed by atoms with Gasteiger partial charge in [0.2, 0.25) is 0 Å². The summed E-state index contributed by atoms with van der Waals surface area (Å²) in [4.78, 5) is 7.88. The minimum absolute atomic E-state index is 0.0262. The van der Waals surface area contributed by atoms with Gasteiger partial charge in [0.1, 0.15) is 25.0 Å². The van der Waals surface area contributed by atoms with Gasteiger partial charge in [-0.3, -0.25) is 0 Å². The van der Waals surface area contributed by atoms with Crippen molar-refractivity contribution in [2.45, 2.75) is 12.8 Å². The molecule has 0 fully saturated rings. The second-order valence-corrected chi connectivity index (χ2v) is 3.48. The first kappa shape index (κ1) is 11.7. The second-order valence-electron chi connectivity index (χ2n) is 3.48. The molecule has 1 unspecified atom stereocenters. The largest absolute Gasteiger partial charge is 0.394 e. The third-order valence-electron chi connectivity index (χ3n) is 2.20. The highest BCUT2D eigenvalue weighted by molar-refractivity contribution is 5.84. The molecule has 0 amide bonds. The number of aromatic nitrogens is 4. The van der Waals surface area contributed by atoms with E-state index in [0.717, 1.165) is 0 Å². The minimum Gasteiger partial charge on any atom is -0.394 e. The molecule has 0 radical (unpaired) electrons. The average Bonchev–Trinajstić information content (AvgIpc) is 2.74. The van der Waals surface area contributed by atoms with E-state index in [1.54, 1.807) is 6.20 Å². The molecule has 4 N–H and O–H groups in total. The molecule has 0 aliphatic carbocycles. The van der Waals surface area contributed by atoms with Gasteiger partial charge in [-0.1, -0.05) is 0 Å². The maximum absolute atomic E-state index is 9.09. The quantitative estimate of drug-likeness (QED) is 0.595. The summed E-state index contributed by atoms with van der Waals surface area (Å²) in [5, 5.41) is 22.4. The Balaban J connectivity index is 2.07. The number of aliphatic hydroxyl groups excluding tert-OH is 2. The third kappa shape index (κ3) is 2.49. The lowest BCUT2D eigenvalue weighted by Crippen LogP contribution is -2.20. The molecule has 0 aromatic carbocycles. The van der Waals surface area contributed by atoms with Crippen LogP contribution >= 0.6 is 0 Å². The molecular formula is C9H13N5O3. The number of anilines is 1. The second kappa shape index (κ2) is 5.04. The van der Waals surface area contributed by atoms with Gasteiger partial charge >= 0.3 is 0 Å². The Morgan fingerprint density at radius 1 is 1.47 bits per heavy atom. The fourth-order valence-electron chi connectivity index (χ4n) is 1.33. The topological polar surface area (TPSA) is 119 Å².